The van der Waals surface area contributed by atoms with Crippen molar-refractivity contribution in [3.05, 3.63) is 5.21 Å². The summed E-state index contributed by atoms with van der Waals surface area (Å²) in [5.74, 6) is 0. The van der Waals surface area contributed by atoms with Gasteiger partial charge in [0.1, 0.15) is 0 Å². The highest BCUT2D eigenvalue weighted by atomic mass is 16.5. The van der Waals surface area contributed by atoms with E-state index in [1.54, 1.807) is 7.05 Å². The Morgan fingerprint density at radius 1 is 0.900 bits per heavy atom. The van der Waals surface area contributed by atoms with Gasteiger partial charge in [0, 0.05) is 0 Å². The Bertz CT molecular complexity index is 91.4. The first-order valence-corrected chi connectivity index (χ1v) is 4.26. The van der Waals surface area contributed by atoms with Crippen molar-refractivity contribution in [1.29, 1.82) is 0 Å². The Morgan fingerprint density at radius 2 is 1.30 bits per heavy atom. The first-order chi connectivity index (χ1) is 4.71. The van der Waals surface area contributed by atoms with E-state index in [0.717, 1.165) is 25.9 Å². The van der Waals surface area contributed by atoms with Gasteiger partial charge in [-0.25, -0.2) is 0 Å². The lowest BCUT2D eigenvalue weighted by Crippen LogP contribution is -2.39. The highest BCUT2D eigenvalue weighted by molar-refractivity contribution is 4.50. The molecule has 1 aliphatic heterocycles. The number of hydrogen-bond donors (Lipinski definition) is 0. The zero-order valence-electron chi connectivity index (χ0n) is 6.81. The molecule has 1 fully saturated rings. The van der Waals surface area contributed by atoms with Gasteiger partial charge in [0.05, 0.1) is 20.1 Å². The molecule has 0 saturated carbocycles. The van der Waals surface area contributed by atoms with Gasteiger partial charge in [-0.2, -0.15) is 0 Å². The Hall–Kier alpha value is -0.0800. The summed E-state index contributed by atoms with van der Waals surface area (Å²) in [4.78, 5) is 0. The van der Waals surface area contributed by atoms with E-state index < -0.39 is 0 Å². The van der Waals surface area contributed by atoms with Crippen molar-refractivity contribution in [3.8, 4) is 0 Å². The molecular weight excluding hydrogens is 126 g/mol. The summed E-state index contributed by atoms with van der Waals surface area (Å²) in [5.41, 5.74) is 0. The highest BCUT2D eigenvalue weighted by Crippen LogP contribution is 2.13. The molecule has 0 atom stereocenters. The van der Waals surface area contributed by atoms with Gasteiger partial charge in [0.25, 0.3) is 0 Å². The summed E-state index contributed by atoms with van der Waals surface area (Å²) in [7, 11) is 1.80. The minimum atomic E-state index is 0. The molecule has 10 heavy (non-hydrogen) atoms. The maximum atomic E-state index is 11.4. The fourth-order valence-corrected chi connectivity index (χ4v) is 1.53. The summed E-state index contributed by atoms with van der Waals surface area (Å²) >= 11 is 0. The Kier molecular flexibility index (Phi) is 2.69. The smallest absolute Gasteiger partial charge is 0.0781 e. The Balaban J connectivity index is 2.30. The molecule has 1 rings (SSSR count). The molecule has 0 aliphatic carbocycles. The number of quaternary nitrogens is 1. The van der Waals surface area contributed by atoms with E-state index in [-0.39, 0.29) is 4.65 Å². The van der Waals surface area contributed by atoms with E-state index in [1.807, 2.05) is 0 Å². The SMILES string of the molecule is C[N+]1([O-])CCCCCCC1. The largest absolute Gasteiger partial charge is 0.633 e. The van der Waals surface area contributed by atoms with Crippen molar-refractivity contribution in [1.82, 2.24) is 0 Å². The van der Waals surface area contributed by atoms with Crippen LogP contribution in [0.1, 0.15) is 32.1 Å². The molecule has 0 spiro atoms. The lowest BCUT2D eigenvalue weighted by Gasteiger charge is -2.39. The fourth-order valence-electron chi connectivity index (χ4n) is 1.53. The maximum Gasteiger partial charge on any atom is 0.0781 e. The zero-order chi connectivity index (χ0) is 7.45. The third kappa shape index (κ3) is 2.67. The number of hydrogen-bond acceptors (Lipinski definition) is 1. The van der Waals surface area contributed by atoms with Crippen molar-refractivity contribution >= 4 is 0 Å². The van der Waals surface area contributed by atoms with Crippen molar-refractivity contribution < 1.29 is 4.65 Å². The Morgan fingerprint density at radius 3 is 1.80 bits per heavy atom. The summed E-state index contributed by atoms with van der Waals surface area (Å²) in [6, 6.07) is 0. The average molecular weight is 143 g/mol. The van der Waals surface area contributed by atoms with Crippen molar-refractivity contribution in [2.24, 2.45) is 0 Å². The number of likely N-dealkylation sites (tertiary alicyclic amines) is 1. The van der Waals surface area contributed by atoms with Crippen LogP contribution in [0.3, 0.4) is 0 Å². The molecule has 1 aliphatic rings. The predicted molar refractivity (Wildman–Crippen MR) is 42.4 cm³/mol. The van der Waals surface area contributed by atoms with Crippen molar-refractivity contribution in [2.75, 3.05) is 20.1 Å². The van der Waals surface area contributed by atoms with Gasteiger partial charge in [0.15, 0.2) is 0 Å². The normalized spacial score (nSPS) is 27.0. The lowest BCUT2D eigenvalue weighted by atomic mass is 10.1. The van der Waals surface area contributed by atoms with Crippen LogP contribution in [0, 0.1) is 5.21 Å². The van der Waals surface area contributed by atoms with E-state index in [9.17, 15) is 5.21 Å². The second kappa shape index (κ2) is 3.35. The molecule has 0 aromatic carbocycles. The minimum absolute atomic E-state index is 0. The van der Waals surface area contributed by atoms with Gasteiger partial charge >= 0.3 is 0 Å². The molecule has 0 amide bonds. The van der Waals surface area contributed by atoms with Crippen LogP contribution >= 0.6 is 0 Å². The maximum absolute atomic E-state index is 11.4. The standard InChI is InChI=1S/C8H17NO/c1-9(10)7-5-3-2-4-6-8-9/h2-8H2,1H3. The zero-order valence-corrected chi connectivity index (χ0v) is 6.81. The van der Waals surface area contributed by atoms with Gasteiger partial charge < -0.3 is 9.85 Å². The molecule has 2 heteroatoms. The number of nitrogens with zero attached hydrogens (tertiary/aromatic N) is 1. The first-order valence-electron chi connectivity index (χ1n) is 4.26. The Labute approximate surface area is 63.0 Å². The molecule has 2 nitrogen and oxygen atoms in total. The third-order valence-electron chi connectivity index (χ3n) is 2.26. The summed E-state index contributed by atoms with van der Waals surface area (Å²) in [6.07, 6.45) is 6.10. The van der Waals surface area contributed by atoms with Gasteiger partial charge in [-0.15, -0.1) is 0 Å². The number of rotatable bonds is 0. The van der Waals surface area contributed by atoms with Crippen LogP contribution in [0.15, 0.2) is 0 Å². The van der Waals surface area contributed by atoms with Crippen molar-refractivity contribution in [2.45, 2.75) is 32.1 Å². The summed E-state index contributed by atoms with van der Waals surface area (Å²) < 4.78 is 0. The van der Waals surface area contributed by atoms with Gasteiger partial charge in [-0.05, 0) is 25.7 Å². The molecule has 1 heterocycles. The van der Waals surface area contributed by atoms with Gasteiger partial charge in [-0.1, -0.05) is 6.42 Å². The molecule has 0 aromatic heterocycles. The van der Waals surface area contributed by atoms with E-state index in [1.165, 1.54) is 19.3 Å². The van der Waals surface area contributed by atoms with Crippen LogP contribution in [-0.2, 0) is 0 Å². The van der Waals surface area contributed by atoms with E-state index in [4.69, 9.17) is 0 Å². The van der Waals surface area contributed by atoms with Gasteiger partial charge in [0.2, 0.25) is 0 Å². The van der Waals surface area contributed by atoms with Crippen LogP contribution in [0.5, 0.6) is 0 Å². The lowest BCUT2D eigenvalue weighted by molar-refractivity contribution is -0.861. The summed E-state index contributed by atoms with van der Waals surface area (Å²) in [5, 5.41) is 11.4. The minimum Gasteiger partial charge on any atom is -0.633 e. The van der Waals surface area contributed by atoms with Crippen LogP contribution in [0.2, 0.25) is 0 Å². The first kappa shape index (κ1) is 8.02. The topological polar surface area (TPSA) is 23.1 Å². The van der Waals surface area contributed by atoms with Crippen LogP contribution in [-0.4, -0.2) is 24.8 Å². The molecular formula is C8H17NO. The molecule has 0 aromatic rings. The number of hydroxylamine groups is 3. The van der Waals surface area contributed by atoms with Gasteiger partial charge in [-0.3, -0.25) is 0 Å². The monoisotopic (exact) mass is 143 g/mol. The predicted octanol–water partition coefficient (Wildman–Crippen LogP) is 1.89. The quantitative estimate of drug-likeness (QED) is 0.375. The molecule has 0 N–H and O–H groups in total. The molecule has 1 saturated heterocycles. The van der Waals surface area contributed by atoms with Crippen LogP contribution < -0.4 is 0 Å². The molecule has 60 valence electrons. The van der Waals surface area contributed by atoms with E-state index in [2.05, 4.69) is 0 Å². The van der Waals surface area contributed by atoms with Crippen molar-refractivity contribution in [3.63, 3.8) is 0 Å². The second-order valence-corrected chi connectivity index (χ2v) is 3.51. The highest BCUT2D eigenvalue weighted by Gasteiger charge is 2.11. The molecule has 0 radical (unpaired) electrons. The van der Waals surface area contributed by atoms with E-state index >= 15 is 0 Å². The summed E-state index contributed by atoms with van der Waals surface area (Å²) in [6.45, 7) is 1.67. The fraction of sp³-hybridized carbons (Fsp3) is 1.00. The molecule has 0 bridgehead atoms. The third-order valence-corrected chi connectivity index (χ3v) is 2.26. The van der Waals surface area contributed by atoms with Crippen LogP contribution in [0.25, 0.3) is 0 Å². The van der Waals surface area contributed by atoms with E-state index in [0.29, 0.717) is 0 Å². The average Bonchev–Trinajstić information content (AvgIpc) is 1.81. The van der Waals surface area contributed by atoms with Crippen LogP contribution in [0.4, 0.5) is 0 Å². The molecule has 0 unspecified atom stereocenters. The second-order valence-electron chi connectivity index (χ2n) is 3.51.